The smallest absolute Gasteiger partial charge is 0.213 e. The van der Waals surface area contributed by atoms with Crippen LogP contribution in [0.2, 0.25) is 0 Å². The van der Waals surface area contributed by atoms with Crippen molar-refractivity contribution in [1.29, 1.82) is 0 Å². The third-order valence-corrected chi connectivity index (χ3v) is 7.84. The number of aromatic nitrogens is 1. The van der Waals surface area contributed by atoms with Gasteiger partial charge in [-0.2, -0.15) is 0 Å². The molecule has 0 saturated carbocycles. The maximum absolute atomic E-state index is 2.50. The van der Waals surface area contributed by atoms with Crippen molar-refractivity contribution >= 4 is 45.2 Å². The van der Waals surface area contributed by atoms with Crippen molar-refractivity contribution in [1.82, 2.24) is 0 Å². The summed E-state index contributed by atoms with van der Waals surface area (Å²) < 4.78 is 2.20. The Kier molecular flexibility index (Phi) is 5.07. The van der Waals surface area contributed by atoms with Gasteiger partial charge in [0.05, 0.1) is 16.1 Å². The number of thioether (sulfide) groups is 1. The molecule has 2 aliphatic heterocycles. The second kappa shape index (κ2) is 8.24. The van der Waals surface area contributed by atoms with Gasteiger partial charge in [0, 0.05) is 23.6 Å². The molecule has 2 nitrogen and oxygen atoms in total. The third-order valence-electron chi connectivity index (χ3n) is 6.73. The highest BCUT2D eigenvalue weighted by atomic mass is 32.2. The Bertz CT molecular complexity index is 1490. The fourth-order valence-corrected chi connectivity index (χ4v) is 6.18. The molecule has 3 aromatic carbocycles. The van der Waals surface area contributed by atoms with Crippen LogP contribution in [0.25, 0.3) is 27.8 Å². The first-order chi connectivity index (χ1) is 16.2. The van der Waals surface area contributed by atoms with Gasteiger partial charge in [0.25, 0.3) is 0 Å². The Hall–Kier alpha value is -3.30. The zero-order valence-corrected chi connectivity index (χ0v) is 19.9. The lowest BCUT2D eigenvalue weighted by Gasteiger charge is -2.27. The van der Waals surface area contributed by atoms with Crippen molar-refractivity contribution in [2.24, 2.45) is 7.05 Å². The van der Waals surface area contributed by atoms with Gasteiger partial charge in [-0.1, -0.05) is 72.0 Å². The zero-order valence-electron chi connectivity index (χ0n) is 19.1. The van der Waals surface area contributed by atoms with E-state index in [1.165, 1.54) is 66.8 Å². The highest BCUT2D eigenvalue weighted by Gasteiger charge is 2.29. The van der Waals surface area contributed by atoms with Crippen LogP contribution in [0.15, 0.2) is 101 Å². The predicted molar refractivity (Wildman–Crippen MR) is 141 cm³/mol. The average Bonchev–Trinajstić information content (AvgIpc) is 3.22. The summed E-state index contributed by atoms with van der Waals surface area (Å²) in [5.41, 5.74) is 6.69. The molecule has 0 spiro atoms. The minimum atomic E-state index is 1.12. The summed E-state index contributed by atoms with van der Waals surface area (Å²) >= 11 is 1.90. The number of hydrogen-bond donors (Lipinski definition) is 0. The second-order valence-electron chi connectivity index (χ2n) is 8.93. The molecule has 0 unspecified atom stereocenters. The molecule has 6 rings (SSSR count). The highest BCUT2D eigenvalue weighted by molar-refractivity contribution is 8.03. The van der Waals surface area contributed by atoms with Crippen LogP contribution in [0.3, 0.4) is 0 Å². The van der Waals surface area contributed by atoms with E-state index in [0.717, 1.165) is 6.54 Å². The fourth-order valence-electron chi connectivity index (χ4n) is 5.04. The monoisotopic (exact) mass is 447 g/mol. The third kappa shape index (κ3) is 3.57. The summed E-state index contributed by atoms with van der Waals surface area (Å²) in [5, 5.41) is 5.23. The van der Waals surface area contributed by atoms with Crippen molar-refractivity contribution < 1.29 is 4.57 Å². The van der Waals surface area contributed by atoms with E-state index in [2.05, 4.69) is 115 Å². The van der Waals surface area contributed by atoms with Gasteiger partial charge in [0.15, 0.2) is 6.20 Å². The summed E-state index contributed by atoms with van der Waals surface area (Å²) in [6.07, 6.45) is 13.6. The molecular weight excluding hydrogens is 420 g/mol. The van der Waals surface area contributed by atoms with Crippen molar-refractivity contribution in [3.63, 3.8) is 0 Å². The average molecular weight is 448 g/mol. The second-order valence-corrected chi connectivity index (χ2v) is 10.00. The molecule has 4 aromatic rings. The van der Waals surface area contributed by atoms with Crippen molar-refractivity contribution in [2.75, 3.05) is 11.4 Å². The first kappa shape index (κ1) is 20.3. The van der Waals surface area contributed by atoms with E-state index < -0.39 is 0 Å². The lowest BCUT2D eigenvalue weighted by molar-refractivity contribution is -0.644. The van der Waals surface area contributed by atoms with Crippen LogP contribution in [-0.2, 0) is 13.5 Å². The van der Waals surface area contributed by atoms with Gasteiger partial charge in [-0.05, 0) is 59.9 Å². The van der Waals surface area contributed by atoms with Crippen LogP contribution >= 0.6 is 11.8 Å². The molecule has 33 heavy (non-hydrogen) atoms. The van der Waals surface area contributed by atoms with E-state index in [9.17, 15) is 0 Å². The first-order valence-corrected chi connectivity index (χ1v) is 12.4. The minimum absolute atomic E-state index is 1.12. The van der Waals surface area contributed by atoms with Gasteiger partial charge in [-0.15, -0.1) is 0 Å². The number of benzene rings is 3. The molecule has 0 saturated heterocycles. The van der Waals surface area contributed by atoms with Gasteiger partial charge >= 0.3 is 0 Å². The van der Waals surface area contributed by atoms with E-state index in [1.807, 2.05) is 11.8 Å². The summed E-state index contributed by atoms with van der Waals surface area (Å²) in [7, 11) is 2.12. The normalized spacial score (nSPS) is 17.0. The topological polar surface area (TPSA) is 7.12 Å². The molecule has 3 heterocycles. The molecule has 3 heteroatoms. The van der Waals surface area contributed by atoms with Crippen LogP contribution in [0.1, 0.15) is 24.5 Å². The van der Waals surface area contributed by atoms with Crippen LogP contribution < -0.4 is 9.47 Å². The zero-order chi connectivity index (χ0) is 22.4. The standard InChI is InChI=1S/C30H27N2S/c1-21(13-17-28-32-19-6-9-24-8-5-11-27(33-28)30(24)32)12-14-23-18-20-31(2)26-16-15-22-7-3-4-10-25(22)29(23)26/h3-5,7-8,10-18,20H,6,9,19H2,1-2H3/q+1. The van der Waals surface area contributed by atoms with Crippen molar-refractivity contribution in [3.05, 3.63) is 107 Å². The van der Waals surface area contributed by atoms with E-state index >= 15 is 0 Å². The minimum Gasteiger partial charge on any atom is -0.335 e. The molecule has 0 bridgehead atoms. The quantitative estimate of drug-likeness (QED) is 0.187. The predicted octanol–water partition coefficient (Wildman–Crippen LogP) is 7.18. The SMILES string of the molecule is CC(/C=C/c1cc[n+](C)c2ccc3ccccc3c12)=C\C=C1/Sc2cccc3c2N1CCC3. The summed E-state index contributed by atoms with van der Waals surface area (Å²) in [4.78, 5) is 3.90. The van der Waals surface area contributed by atoms with Crippen molar-refractivity contribution in [3.8, 4) is 0 Å². The van der Waals surface area contributed by atoms with E-state index in [4.69, 9.17) is 0 Å². The lowest BCUT2D eigenvalue weighted by atomic mass is 10.00. The number of rotatable bonds is 3. The Morgan fingerprint density at radius 2 is 1.94 bits per heavy atom. The van der Waals surface area contributed by atoms with Gasteiger partial charge in [0.1, 0.15) is 7.05 Å². The molecular formula is C30H27N2S+. The molecule has 0 amide bonds. The van der Waals surface area contributed by atoms with Crippen molar-refractivity contribution in [2.45, 2.75) is 24.7 Å². The largest absolute Gasteiger partial charge is 0.335 e. The van der Waals surface area contributed by atoms with E-state index in [1.54, 1.807) is 0 Å². The van der Waals surface area contributed by atoms with Gasteiger partial charge in [0.2, 0.25) is 5.52 Å². The molecule has 0 aliphatic carbocycles. The van der Waals surface area contributed by atoms with Crippen LogP contribution in [-0.4, -0.2) is 6.54 Å². The summed E-state index contributed by atoms with van der Waals surface area (Å²) in [6, 6.07) is 22.0. The maximum Gasteiger partial charge on any atom is 0.213 e. The molecule has 162 valence electrons. The molecule has 0 radical (unpaired) electrons. The van der Waals surface area contributed by atoms with E-state index in [0.29, 0.717) is 0 Å². The summed E-state index contributed by atoms with van der Waals surface area (Å²) in [6.45, 7) is 3.30. The Morgan fingerprint density at radius 1 is 1.03 bits per heavy atom. The molecule has 0 fully saturated rings. The fraction of sp³-hybridized carbons (Fsp3) is 0.167. The van der Waals surface area contributed by atoms with Crippen LogP contribution in [0.4, 0.5) is 5.69 Å². The number of para-hydroxylation sites is 1. The van der Waals surface area contributed by atoms with E-state index in [-0.39, 0.29) is 0 Å². The van der Waals surface area contributed by atoms with Crippen LogP contribution in [0.5, 0.6) is 0 Å². The van der Waals surface area contributed by atoms with Crippen LogP contribution in [0, 0.1) is 0 Å². The maximum atomic E-state index is 2.50. The summed E-state index contributed by atoms with van der Waals surface area (Å²) in [5.74, 6) is 0. The Morgan fingerprint density at radius 3 is 2.88 bits per heavy atom. The Labute approximate surface area is 199 Å². The number of fused-ring (bicyclic) bond motifs is 3. The number of pyridine rings is 1. The highest BCUT2D eigenvalue weighted by Crippen LogP contribution is 2.49. The molecule has 0 N–H and O–H groups in total. The molecule has 1 aromatic heterocycles. The number of hydrogen-bond acceptors (Lipinski definition) is 2. The lowest BCUT2D eigenvalue weighted by Crippen LogP contribution is -2.28. The van der Waals surface area contributed by atoms with Gasteiger partial charge in [-0.3, -0.25) is 0 Å². The van der Waals surface area contributed by atoms with Gasteiger partial charge in [-0.25, -0.2) is 4.57 Å². The molecule has 0 atom stereocenters. The number of aryl methyl sites for hydroxylation is 2. The number of anilines is 1. The Balaban J connectivity index is 1.34. The molecule has 2 aliphatic rings. The van der Waals surface area contributed by atoms with Gasteiger partial charge < -0.3 is 4.90 Å². The number of nitrogens with zero attached hydrogens (tertiary/aromatic N) is 2. The first-order valence-electron chi connectivity index (χ1n) is 11.6. The number of allylic oxidation sites excluding steroid dienone is 4.